The van der Waals surface area contributed by atoms with Crippen molar-refractivity contribution in [3.63, 3.8) is 0 Å². The van der Waals surface area contributed by atoms with E-state index in [9.17, 15) is 4.79 Å². The molecule has 0 saturated carbocycles. The lowest BCUT2D eigenvalue weighted by atomic mass is 10.0. The zero-order chi connectivity index (χ0) is 23.1. The summed E-state index contributed by atoms with van der Waals surface area (Å²) in [5.41, 5.74) is 2.65. The molecule has 0 saturated heterocycles. The Morgan fingerprint density at radius 3 is 2.72 bits per heavy atom. The molecule has 1 heterocycles. The molecule has 1 aliphatic rings. The van der Waals surface area contributed by atoms with Gasteiger partial charge in [-0.25, -0.2) is 0 Å². The van der Waals surface area contributed by atoms with Crippen LogP contribution in [0, 0.1) is 0 Å². The summed E-state index contributed by atoms with van der Waals surface area (Å²) in [6.45, 7) is 7.80. The molecule has 0 bridgehead atoms. The number of fused-ring (bicyclic) bond motifs is 1. The summed E-state index contributed by atoms with van der Waals surface area (Å²) >= 11 is 13.5. The number of anilines is 1. The number of nitrogens with one attached hydrogen (secondary N) is 1. The molecule has 2 aromatic carbocycles. The fourth-order valence-electron chi connectivity index (χ4n) is 3.32. The number of carbonyl (C=O) groups is 1. The largest absolute Gasteiger partial charge is 0.493 e. The fourth-order valence-corrected chi connectivity index (χ4v) is 5.28. The van der Waals surface area contributed by atoms with Crippen LogP contribution in [0.15, 0.2) is 61.7 Å². The molecule has 0 aliphatic carbocycles. The Labute approximate surface area is 202 Å². The number of rotatable bonds is 9. The highest BCUT2D eigenvalue weighted by atomic mass is 35.5. The number of thioether (sulfide) groups is 1. The number of benzene rings is 2. The first kappa shape index (κ1) is 24.2. The monoisotopic (exact) mass is 489 g/mol. The van der Waals surface area contributed by atoms with E-state index in [1.807, 2.05) is 30.3 Å². The molecular formula is C24H24ClNO4S2. The molecule has 32 heavy (non-hydrogen) atoms. The van der Waals surface area contributed by atoms with Gasteiger partial charge in [-0.1, -0.05) is 61.3 Å². The highest BCUT2D eigenvalue weighted by Gasteiger charge is 2.33. The Balaban J connectivity index is 2.08. The van der Waals surface area contributed by atoms with Crippen LogP contribution in [0.3, 0.4) is 0 Å². The van der Waals surface area contributed by atoms with Crippen LogP contribution >= 0.6 is 35.6 Å². The van der Waals surface area contributed by atoms with Crippen molar-refractivity contribution in [1.29, 1.82) is 0 Å². The Morgan fingerprint density at radius 2 is 2.00 bits per heavy atom. The molecule has 1 aliphatic heterocycles. The standard InChI is InChI=1S/C24H24ClNO4S2/c1-4-11-29-21(27)14-20-24(31)26-18-10-9-15(25)13-17(18)23(32-20)16-7-6-8-19(28-3)22(16)30-12-5-2/h4-10,13,20,23H,1-2,11-12,14H2,3H3,(H,26,31)/t20-,23-/m0/s1. The summed E-state index contributed by atoms with van der Waals surface area (Å²) in [5, 5.41) is 3.33. The highest BCUT2D eigenvalue weighted by molar-refractivity contribution is 8.02. The van der Waals surface area contributed by atoms with Gasteiger partial charge in [0.1, 0.15) is 13.2 Å². The van der Waals surface area contributed by atoms with Crippen molar-refractivity contribution in [3.8, 4) is 11.5 Å². The van der Waals surface area contributed by atoms with Gasteiger partial charge in [-0.05, 0) is 29.8 Å². The summed E-state index contributed by atoms with van der Waals surface area (Å²) in [7, 11) is 1.60. The molecular weight excluding hydrogens is 466 g/mol. The average Bonchev–Trinajstić information content (AvgIpc) is 2.92. The molecule has 1 N–H and O–H groups in total. The summed E-state index contributed by atoms with van der Waals surface area (Å²) in [5.74, 6) is 0.873. The van der Waals surface area contributed by atoms with Crippen LogP contribution < -0.4 is 14.8 Å². The van der Waals surface area contributed by atoms with E-state index >= 15 is 0 Å². The minimum Gasteiger partial charge on any atom is -0.493 e. The predicted octanol–water partition coefficient (Wildman–Crippen LogP) is 5.98. The number of esters is 1. The SMILES string of the molecule is C=CCOC(=O)C[C@@H]1S[C@@H](c2cccc(OC)c2OCC=C)c2cc(Cl)ccc2NC1=S. The van der Waals surface area contributed by atoms with Crippen LogP contribution in [0.2, 0.25) is 5.02 Å². The van der Waals surface area contributed by atoms with Gasteiger partial charge < -0.3 is 19.5 Å². The Bertz CT molecular complexity index is 1030. The first-order chi connectivity index (χ1) is 15.5. The maximum absolute atomic E-state index is 12.4. The Kier molecular flexibility index (Phi) is 8.61. The minimum absolute atomic E-state index is 0.120. The van der Waals surface area contributed by atoms with Gasteiger partial charge in [-0.3, -0.25) is 4.79 Å². The molecule has 5 nitrogen and oxygen atoms in total. The summed E-state index contributed by atoms with van der Waals surface area (Å²) < 4.78 is 16.8. The van der Waals surface area contributed by atoms with Gasteiger partial charge in [-0.15, -0.1) is 11.8 Å². The second kappa shape index (κ2) is 11.4. The maximum atomic E-state index is 12.4. The van der Waals surface area contributed by atoms with Crippen molar-refractivity contribution < 1.29 is 19.0 Å². The Hall–Kier alpha value is -2.48. The van der Waals surface area contributed by atoms with E-state index in [4.69, 9.17) is 38.0 Å². The van der Waals surface area contributed by atoms with E-state index in [0.717, 1.165) is 16.8 Å². The zero-order valence-corrected chi connectivity index (χ0v) is 20.0. The first-order valence-electron chi connectivity index (χ1n) is 9.91. The topological polar surface area (TPSA) is 56.8 Å². The van der Waals surface area contributed by atoms with Crippen LogP contribution in [0.1, 0.15) is 22.8 Å². The lowest BCUT2D eigenvalue weighted by molar-refractivity contribution is -0.142. The van der Waals surface area contributed by atoms with Gasteiger partial charge in [-0.2, -0.15) is 0 Å². The zero-order valence-electron chi connectivity index (χ0n) is 17.6. The molecule has 168 valence electrons. The van der Waals surface area contributed by atoms with Crippen LogP contribution in [0.25, 0.3) is 0 Å². The third-order valence-corrected chi connectivity index (χ3v) is 7.00. The van der Waals surface area contributed by atoms with Crippen LogP contribution in [0.5, 0.6) is 11.5 Å². The number of carbonyl (C=O) groups excluding carboxylic acids is 1. The number of para-hydroxylation sites is 1. The van der Waals surface area contributed by atoms with Crippen molar-refractivity contribution in [2.24, 2.45) is 0 Å². The van der Waals surface area contributed by atoms with E-state index in [2.05, 4.69) is 18.5 Å². The molecule has 2 aromatic rings. The number of thiocarbonyl (C=S) groups is 1. The third kappa shape index (κ3) is 5.65. The minimum atomic E-state index is -0.344. The van der Waals surface area contributed by atoms with Crippen LogP contribution in [-0.2, 0) is 9.53 Å². The van der Waals surface area contributed by atoms with Crippen molar-refractivity contribution in [2.45, 2.75) is 16.9 Å². The number of hydrogen-bond donors (Lipinski definition) is 1. The fraction of sp³-hybridized carbons (Fsp3) is 0.250. The molecule has 0 unspecified atom stereocenters. The third-order valence-electron chi connectivity index (χ3n) is 4.72. The molecule has 0 fully saturated rings. The maximum Gasteiger partial charge on any atom is 0.307 e. The summed E-state index contributed by atoms with van der Waals surface area (Å²) in [4.78, 5) is 12.9. The van der Waals surface area contributed by atoms with Gasteiger partial charge >= 0.3 is 5.97 Å². The average molecular weight is 490 g/mol. The van der Waals surface area contributed by atoms with E-state index in [1.165, 1.54) is 6.08 Å². The number of hydrogen-bond acceptors (Lipinski definition) is 6. The Morgan fingerprint density at radius 1 is 1.22 bits per heavy atom. The van der Waals surface area contributed by atoms with E-state index in [-0.39, 0.29) is 29.5 Å². The molecule has 0 radical (unpaired) electrons. The van der Waals surface area contributed by atoms with Gasteiger partial charge in [0.2, 0.25) is 0 Å². The number of ether oxygens (including phenoxy) is 3. The van der Waals surface area contributed by atoms with Gasteiger partial charge in [0.05, 0.1) is 29.0 Å². The van der Waals surface area contributed by atoms with Crippen LogP contribution in [-0.4, -0.2) is 36.5 Å². The molecule has 0 aromatic heterocycles. The van der Waals surface area contributed by atoms with E-state index < -0.39 is 0 Å². The smallest absolute Gasteiger partial charge is 0.307 e. The molecule has 2 atom stereocenters. The molecule has 3 rings (SSSR count). The van der Waals surface area contributed by atoms with Crippen molar-refractivity contribution in [3.05, 3.63) is 77.9 Å². The lowest BCUT2D eigenvalue weighted by Gasteiger charge is -2.24. The highest BCUT2D eigenvalue weighted by Crippen LogP contribution is 2.50. The van der Waals surface area contributed by atoms with Crippen molar-refractivity contribution in [2.75, 3.05) is 25.6 Å². The quantitative estimate of drug-likeness (QED) is 0.264. The van der Waals surface area contributed by atoms with Crippen molar-refractivity contribution >= 4 is 52.2 Å². The summed E-state index contributed by atoms with van der Waals surface area (Å²) in [6, 6.07) is 11.3. The summed E-state index contributed by atoms with van der Waals surface area (Å²) in [6.07, 6.45) is 3.33. The van der Waals surface area contributed by atoms with Crippen LogP contribution in [0.4, 0.5) is 5.69 Å². The number of methoxy groups -OCH3 is 1. The normalized spacial score (nSPS) is 17.4. The van der Waals surface area contributed by atoms with Crippen molar-refractivity contribution in [1.82, 2.24) is 0 Å². The van der Waals surface area contributed by atoms with E-state index in [0.29, 0.717) is 28.1 Å². The first-order valence-corrected chi connectivity index (χ1v) is 11.6. The number of halogens is 1. The second-order valence-electron chi connectivity index (χ2n) is 6.88. The van der Waals surface area contributed by atoms with Gasteiger partial charge in [0, 0.05) is 16.3 Å². The van der Waals surface area contributed by atoms with E-state index in [1.54, 1.807) is 31.0 Å². The molecule has 0 spiro atoms. The lowest BCUT2D eigenvalue weighted by Crippen LogP contribution is -2.26. The predicted molar refractivity (Wildman–Crippen MR) is 135 cm³/mol. The molecule has 0 amide bonds. The van der Waals surface area contributed by atoms with Gasteiger partial charge in [0.15, 0.2) is 11.5 Å². The molecule has 8 heteroatoms. The van der Waals surface area contributed by atoms with Gasteiger partial charge in [0.25, 0.3) is 0 Å². The second-order valence-corrected chi connectivity index (χ2v) is 9.07.